The summed E-state index contributed by atoms with van der Waals surface area (Å²) in [4.78, 5) is 10.2. The van der Waals surface area contributed by atoms with Gasteiger partial charge in [0.25, 0.3) is 9.84 Å². The fourth-order valence-corrected chi connectivity index (χ4v) is 0.647. The Morgan fingerprint density at radius 3 is 1.67 bits per heavy atom. The Bertz CT molecular complexity index is 219. The first-order valence-corrected chi connectivity index (χ1v) is 3.68. The molecule has 0 aliphatic heterocycles. The van der Waals surface area contributed by atoms with E-state index in [1.54, 1.807) is 0 Å². The standard InChI is InChI=1S/C4H7NO3S/c1-3(5)9(7,8)4(2)6/h5H,1-2H3. The highest BCUT2D eigenvalue weighted by Crippen LogP contribution is 1.91. The van der Waals surface area contributed by atoms with Crippen molar-refractivity contribution in [2.24, 2.45) is 0 Å². The van der Waals surface area contributed by atoms with Crippen LogP contribution >= 0.6 is 0 Å². The van der Waals surface area contributed by atoms with Gasteiger partial charge in [-0.15, -0.1) is 0 Å². The van der Waals surface area contributed by atoms with Crippen molar-refractivity contribution >= 4 is 20.0 Å². The zero-order valence-corrected chi connectivity index (χ0v) is 5.95. The average Bonchev–Trinajstić information content (AvgIpc) is 1.65. The number of rotatable bonds is 0. The molecule has 0 spiro atoms. The number of hydrogen-bond donors (Lipinski definition) is 1. The van der Waals surface area contributed by atoms with E-state index in [0.717, 1.165) is 13.8 Å². The monoisotopic (exact) mass is 149 g/mol. The third-order valence-corrected chi connectivity index (χ3v) is 2.34. The van der Waals surface area contributed by atoms with Crippen molar-refractivity contribution in [2.75, 3.05) is 0 Å². The molecule has 4 nitrogen and oxygen atoms in total. The van der Waals surface area contributed by atoms with Gasteiger partial charge in [-0.25, -0.2) is 8.42 Å². The van der Waals surface area contributed by atoms with Gasteiger partial charge >= 0.3 is 0 Å². The molecule has 0 aromatic carbocycles. The molecule has 5 heteroatoms. The topological polar surface area (TPSA) is 75.1 Å². The van der Waals surface area contributed by atoms with Gasteiger partial charge in [0, 0.05) is 6.92 Å². The van der Waals surface area contributed by atoms with Crippen LogP contribution in [0.5, 0.6) is 0 Å². The van der Waals surface area contributed by atoms with Gasteiger partial charge in [-0.2, -0.15) is 0 Å². The summed E-state index contributed by atoms with van der Waals surface area (Å²) >= 11 is 0. The maximum Gasteiger partial charge on any atom is 0.252 e. The van der Waals surface area contributed by atoms with Gasteiger partial charge in [0.2, 0.25) is 5.12 Å². The van der Waals surface area contributed by atoms with Crippen LogP contribution in [0, 0.1) is 5.41 Å². The molecule has 0 radical (unpaired) electrons. The smallest absolute Gasteiger partial charge is 0.252 e. The van der Waals surface area contributed by atoms with Gasteiger partial charge < -0.3 is 0 Å². The summed E-state index contributed by atoms with van der Waals surface area (Å²) in [6, 6.07) is 0. The molecule has 0 saturated carbocycles. The first-order valence-electron chi connectivity index (χ1n) is 2.20. The quantitative estimate of drug-likeness (QED) is 0.387. The summed E-state index contributed by atoms with van der Waals surface area (Å²) in [5.74, 6) is 0. The van der Waals surface area contributed by atoms with Crippen LogP contribution < -0.4 is 0 Å². The second kappa shape index (κ2) is 2.26. The highest BCUT2D eigenvalue weighted by Gasteiger charge is 2.18. The van der Waals surface area contributed by atoms with E-state index < -0.39 is 20.0 Å². The lowest BCUT2D eigenvalue weighted by molar-refractivity contribution is -0.109. The fraction of sp³-hybridized carbons (Fsp3) is 0.500. The second-order valence-corrected chi connectivity index (χ2v) is 3.75. The molecule has 0 heterocycles. The lowest BCUT2D eigenvalue weighted by atomic mass is 10.9. The van der Waals surface area contributed by atoms with Gasteiger partial charge in [-0.3, -0.25) is 10.2 Å². The summed E-state index contributed by atoms with van der Waals surface area (Å²) in [6.07, 6.45) is 0. The molecular weight excluding hydrogens is 142 g/mol. The Hall–Kier alpha value is -0.710. The maximum atomic E-state index is 10.5. The van der Waals surface area contributed by atoms with Gasteiger partial charge in [-0.1, -0.05) is 0 Å². The Morgan fingerprint density at radius 1 is 1.33 bits per heavy atom. The summed E-state index contributed by atoms with van der Waals surface area (Å²) in [7, 11) is -3.87. The lowest BCUT2D eigenvalue weighted by Crippen LogP contribution is -2.17. The predicted molar refractivity (Wildman–Crippen MR) is 33.0 cm³/mol. The normalized spacial score (nSPS) is 10.9. The lowest BCUT2D eigenvalue weighted by Gasteiger charge is -1.91. The van der Waals surface area contributed by atoms with Crippen LogP contribution in [-0.4, -0.2) is 18.6 Å². The SMILES string of the molecule is CC(=N)S(=O)(=O)C(C)=O. The van der Waals surface area contributed by atoms with E-state index in [4.69, 9.17) is 5.41 Å². The van der Waals surface area contributed by atoms with Crippen LogP contribution in [0.4, 0.5) is 0 Å². The summed E-state index contributed by atoms with van der Waals surface area (Å²) < 4.78 is 20.9. The third-order valence-electron chi connectivity index (χ3n) is 0.782. The van der Waals surface area contributed by atoms with Crippen LogP contribution in [0.15, 0.2) is 0 Å². The van der Waals surface area contributed by atoms with Crippen LogP contribution in [0.25, 0.3) is 0 Å². The molecule has 0 aromatic heterocycles. The molecule has 0 aliphatic rings. The summed E-state index contributed by atoms with van der Waals surface area (Å²) in [5.41, 5.74) is 0. The Morgan fingerprint density at radius 2 is 1.67 bits per heavy atom. The molecule has 9 heavy (non-hydrogen) atoms. The molecule has 0 unspecified atom stereocenters. The van der Waals surface area contributed by atoms with Crippen LogP contribution in [0.1, 0.15) is 13.8 Å². The highest BCUT2D eigenvalue weighted by atomic mass is 32.2. The van der Waals surface area contributed by atoms with Crippen molar-refractivity contribution in [1.29, 1.82) is 5.41 Å². The number of sulfone groups is 1. The van der Waals surface area contributed by atoms with E-state index in [1.807, 2.05) is 0 Å². The van der Waals surface area contributed by atoms with Gasteiger partial charge in [-0.05, 0) is 6.92 Å². The van der Waals surface area contributed by atoms with Gasteiger partial charge in [0.05, 0.1) is 0 Å². The Labute approximate surface area is 53.3 Å². The van der Waals surface area contributed by atoms with Crippen molar-refractivity contribution < 1.29 is 13.2 Å². The minimum absolute atomic E-state index is 0.602. The van der Waals surface area contributed by atoms with E-state index in [1.165, 1.54) is 0 Å². The maximum absolute atomic E-state index is 10.5. The van der Waals surface area contributed by atoms with Crippen molar-refractivity contribution in [3.05, 3.63) is 0 Å². The number of carbonyl (C=O) groups excluding carboxylic acids is 1. The molecule has 0 bridgehead atoms. The van der Waals surface area contributed by atoms with Crippen molar-refractivity contribution in [2.45, 2.75) is 13.8 Å². The first kappa shape index (κ1) is 8.29. The van der Waals surface area contributed by atoms with Gasteiger partial charge in [0.15, 0.2) is 0 Å². The largest absolute Gasteiger partial charge is 0.294 e. The highest BCUT2D eigenvalue weighted by molar-refractivity contribution is 8.18. The minimum atomic E-state index is -3.87. The van der Waals surface area contributed by atoms with Crippen LogP contribution in [0.2, 0.25) is 0 Å². The molecule has 0 fully saturated rings. The molecule has 0 aromatic rings. The zero-order valence-electron chi connectivity index (χ0n) is 5.13. The first-order chi connectivity index (χ1) is 3.89. The summed E-state index contributed by atoms with van der Waals surface area (Å²) in [5, 5.41) is 5.04. The van der Waals surface area contributed by atoms with Crippen molar-refractivity contribution in [3.63, 3.8) is 0 Å². The van der Waals surface area contributed by atoms with Crippen LogP contribution in [0.3, 0.4) is 0 Å². The average molecular weight is 149 g/mol. The van der Waals surface area contributed by atoms with E-state index in [9.17, 15) is 13.2 Å². The van der Waals surface area contributed by atoms with Crippen molar-refractivity contribution in [1.82, 2.24) is 0 Å². The van der Waals surface area contributed by atoms with E-state index in [-0.39, 0.29) is 0 Å². The van der Waals surface area contributed by atoms with Crippen LogP contribution in [-0.2, 0) is 14.6 Å². The molecule has 52 valence electrons. The fourth-order valence-electron chi connectivity index (χ4n) is 0.216. The molecule has 0 atom stereocenters. The molecule has 0 amide bonds. The number of nitrogens with one attached hydrogen (secondary N) is 1. The molecule has 0 saturated heterocycles. The van der Waals surface area contributed by atoms with E-state index in [2.05, 4.69) is 0 Å². The second-order valence-electron chi connectivity index (χ2n) is 1.55. The van der Waals surface area contributed by atoms with Crippen molar-refractivity contribution in [3.8, 4) is 0 Å². The number of hydrogen-bond acceptors (Lipinski definition) is 4. The third kappa shape index (κ3) is 1.60. The molecule has 0 rings (SSSR count). The molecule has 0 aliphatic carbocycles. The Kier molecular flexibility index (Phi) is 2.08. The molecule has 1 N–H and O–H groups in total. The Balaban J connectivity index is 4.87. The van der Waals surface area contributed by atoms with Gasteiger partial charge in [0.1, 0.15) is 5.04 Å². The van der Waals surface area contributed by atoms with E-state index >= 15 is 0 Å². The number of carbonyl (C=O) groups is 1. The zero-order chi connectivity index (χ0) is 7.65. The predicted octanol–water partition coefficient (Wildman–Crippen LogP) is -0.0551. The van der Waals surface area contributed by atoms with E-state index in [0.29, 0.717) is 0 Å². The minimum Gasteiger partial charge on any atom is -0.294 e. The summed E-state index contributed by atoms with van der Waals surface area (Å²) in [6.45, 7) is 1.99. The molecular formula is C4H7NO3S.